The molecule has 1 aliphatic rings. The van der Waals surface area contributed by atoms with Crippen LogP contribution in [-0.4, -0.2) is 36.0 Å². The van der Waals surface area contributed by atoms with Crippen LogP contribution in [-0.2, 0) is 13.1 Å². The van der Waals surface area contributed by atoms with E-state index in [4.69, 9.17) is 4.42 Å². The zero-order chi connectivity index (χ0) is 14.4. The molecule has 2 rings (SSSR count). The predicted octanol–water partition coefficient (Wildman–Crippen LogP) is 3.27. The Kier molecular flexibility index (Phi) is 6.46. The lowest BCUT2D eigenvalue weighted by Crippen LogP contribution is -2.25. The van der Waals surface area contributed by atoms with Gasteiger partial charge in [0.25, 0.3) is 0 Å². The molecule has 1 aromatic rings. The Bertz CT molecular complexity index is 395. The highest BCUT2D eigenvalue weighted by molar-refractivity contribution is 7.99. The largest absolute Gasteiger partial charge is 0.465 e. The Morgan fingerprint density at radius 1 is 1.35 bits per heavy atom. The molecule has 0 radical (unpaired) electrons. The third-order valence-corrected chi connectivity index (χ3v) is 4.68. The van der Waals surface area contributed by atoms with Crippen LogP contribution in [0.5, 0.6) is 0 Å². The second-order valence-corrected chi connectivity index (χ2v) is 7.29. The van der Waals surface area contributed by atoms with Gasteiger partial charge in [-0.05, 0) is 44.2 Å². The molecule has 1 saturated heterocycles. The van der Waals surface area contributed by atoms with E-state index in [1.165, 1.54) is 36.6 Å². The number of aryl methyl sites for hydroxylation is 1. The van der Waals surface area contributed by atoms with Gasteiger partial charge in [-0.25, -0.2) is 0 Å². The van der Waals surface area contributed by atoms with Gasteiger partial charge in [0.05, 0.1) is 6.54 Å². The molecular formula is C16H28N2OS. The third-order valence-electron chi connectivity index (χ3n) is 3.63. The Morgan fingerprint density at radius 2 is 2.20 bits per heavy atom. The summed E-state index contributed by atoms with van der Waals surface area (Å²) in [7, 11) is 0. The lowest BCUT2D eigenvalue weighted by Gasteiger charge is -2.17. The van der Waals surface area contributed by atoms with Gasteiger partial charge in [-0.2, -0.15) is 11.8 Å². The Morgan fingerprint density at radius 3 is 3.00 bits per heavy atom. The second kappa shape index (κ2) is 8.11. The van der Waals surface area contributed by atoms with Crippen molar-refractivity contribution in [1.82, 2.24) is 10.2 Å². The van der Waals surface area contributed by atoms with Crippen LogP contribution in [0.3, 0.4) is 0 Å². The van der Waals surface area contributed by atoms with Crippen molar-refractivity contribution >= 4 is 11.8 Å². The van der Waals surface area contributed by atoms with Crippen molar-refractivity contribution in [2.45, 2.75) is 40.3 Å². The molecule has 0 amide bonds. The quantitative estimate of drug-likeness (QED) is 0.872. The van der Waals surface area contributed by atoms with Gasteiger partial charge >= 0.3 is 0 Å². The molecule has 0 aromatic carbocycles. The van der Waals surface area contributed by atoms with Gasteiger partial charge in [0.1, 0.15) is 11.5 Å². The van der Waals surface area contributed by atoms with Gasteiger partial charge in [0.2, 0.25) is 0 Å². The summed E-state index contributed by atoms with van der Waals surface area (Å²) >= 11 is 2.07. The molecule has 1 aliphatic heterocycles. The van der Waals surface area contributed by atoms with Gasteiger partial charge in [-0.3, -0.25) is 4.90 Å². The Balaban J connectivity index is 1.85. The molecule has 0 atom stereocenters. The average molecular weight is 296 g/mol. The van der Waals surface area contributed by atoms with Gasteiger partial charge in [0, 0.05) is 24.4 Å². The average Bonchev–Trinajstić information content (AvgIpc) is 2.61. The minimum atomic E-state index is 0.691. The summed E-state index contributed by atoms with van der Waals surface area (Å²) in [4.78, 5) is 2.52. The second-order valence-electron chi connectivity index (χ2n) is 6.06. The number of nitrogens with zero attached hydrogens (tertiary/aromatic N) is 1. The topological polar surface area (TPSA) is 28.4 Å². The summed E-state index contributed by atoms with van der Waals surface area (Å²) in [6.07, 6.45) is 1.30. The molecule has 1 fully saturated rings. The van der Waals surface area contributed by atoms with Crippen molar-refractivity contribution in [2.75, 3.05) is 31.1 Å². The first-order valence-electron chi connectivity index (χ1n) is 7.74. The summed E-state index contributed by atoms with van der Waals surface area (Å²) < 4.78 is 5.93. The van der Waals surface area contributed by atoms with Crippen LogP contribution in [0.4, 0.5) is 0 Å². The fourth-order valence-corrected chi connectivity index (χ4v) is 3.44. The molecule has 2 heterocycles. The maximum Gasteiger partial charge on any atom is 0.118 e. The summed E-state index contributed by atoms with van der Waals surface area (Å²) in [5.41, 5.74) is 1.31. The van der Waals surface area contributed by atoms with E-state index in [1.54, 1.807) is 0 Å². The highest BCUT2D eigenvalue weighted by Gasteiger charge is 2.13. The molecule has 4 heteroatoms. The van der Waals surface area contributed by atoms with E-state index in [2.05, 4.69) is 48.8 Å². The first-order chi connectivity index (χ1) is 9.65. The van der Waals surface area contributed by atoms with E-state index >= 15 is 0 Å². The van der Waals surface area contributed by atoms with Crippen molar-refractivity contribution < 1.29 is 4.42 Å². The Hall–Kier alpha value is -0.450. The lowest BCUT2D eigenvalue weighted by molar-refractivity contribution is 0.260. The molecular weight excluding hydrogens is 268 g/mol. The highest BCUT2D eigenvalue weighted by Crippen LogP contribution is 2.18. The number of hydrogen-bond acceptors (Lipinski definition) is 4. The third kappa shape index (κ3) is 5.15. The van der Waals surface area contributed by atoms with Gasteiger partial charge < -0.3 is 9.73 Å². The molecule has 114 valence electrons. The van der Waals surface area contributed by atoms with Crippen LogP contribution in [0, 0.1) is 12.8 Å². The molecule has 0 saturated carbocycles. The zero-order valence-electron chi connectivity index (χ0n) is 13.1. The first kappa shape index (κ1) is 15.9. The molecule has 1 aromatic heterocycles. The molecule has 0 spiro atoms. The van der Waals surface area contributed by atoms with Crippen LogP contribution in [0.2, 0.25) is 0 Å². The minimum absolute atomic E-state index is 0.691. The summed E-state index contributed by atoms with van der Waals surface area (Å²) in [6, 6.07) is 2.24. The van der Waals surface area contributed by atoms with E-state index < -0.39 is 0 Å². The van der Waals surface area contributed by atoms with Crippen molar-refractivity contribution in [2.24, 2.45) is 5.92 Å². The van der Waals surface area contributed by atoms with Gasteiger partial charge in [-0.1, -0.05) is 13.8 Å². The highest BCUT2D eigenvalue weighted by atomic mass is 32.2. The van der Waals surface area contributed by atoms with E-state index in [9.17, 15) is 0 Å². The Labute approximate surface area is 127 Å². The maximum absolute atomic E-state index is 5.93. The molecule has 20 heavy (non-hydrogen) atoms. The number of thioether (sulfide) groups is 1. The number of hydrogen-bond donors (Lipinski definition) is 1. The van der Waals surface area contributed by atoms with Crippen molar-refractivity contribution in [3.8, 4) is 0 Å². The van der Waals surface area contributed by atoms with Crippen molar-refractivity contribution in [3.63, 3.8) is 0 Å². The summed E-state index contributed by atoms with van der Waals surface area (Å²) in [5.74, 6) is 5.44. The number of nitrogens with one attached hydrogen (secondary N) is 1. The van der Waals surface area contributed by atoms with Crippen LogP contribution in [0.15, 0.2) is 10.5 Å². The zero-order valence-corrected chi connectivity index (χ0v) is 13.9. The van der Waals surface area contributed by atoms with E-state index in [0.29, 0.717) is 5.92 Å². The summed E-state index contributed by atoms with van der Waals surface area (Å²) in [5, 5.41) is 3.49. The van der Waals surface area contributed by atoms with Crippen molar-refractivity contribution in [3.05, 3.63) is 23.2 Å². The fourth-order valence-electron chi connectivity index (χ4n) is 2.51. The number of rotatable bonds is 6. The molecule has 0 aliphatic carbocycles. The SMILES string of the molecule is Cc1oc(CN2CCCSCC2)cc1CNCC(C)C. The smallest absolute Gasteiger partial charge is 0.118 e. The normalized spacial score (nSPS) is 17.6. The van der Waals surface area contributed by atoms with Crippen molar-refractivity contribution in [1.29, 1.82) is 0 Å². The molecule has 1 N–H and O–H groups in total. The molecule has 0 bridgehead atoms. The predicted molar refractivity (Wildman–Crippen MR) is 87.2 cm³/mol. The van der Waals surface area contributed by atoms with E-state index in [1.807, 2.05) is 0 Å². The fraction of sp³-hybridized carbons (Fsp3) is 0.750. The van der Waals surface area contributed by atoms with Crippen LogP contribution in [0.1, 0.15) is 37.4 Å². The molecule has 0 unspecified atom stereocenters. The number of furan rings is 1. The standard InChI is InChI=1S/C16H28N2OS/c1-13(2)10-17-11-15-9-16(19-14(15)3)12-18-5-4-7-20-8-6-18/h9,13,17H,4-8,10-12H2,1-3H3. The lowest BCUT2D eigenvalue weighted by atomic mass is 10.2. The summed E-state index contributed by atoms with van der Waals surface area (Å²) in [6.45, 7) is 11.9. The minimum Gasteiger partial charge on any atom is -0.465 e. The maximum atomic E-state index is 5.93. The van der Waals surface area contributed by atoms with Gasteiger partial charge in [-0.15, -0.1) is 0 Å². The van der Waals surface area contributed by atoms with Crippen LogP contribution in [0.25, 0.3) is 0 Å². The van der Waals surface area contributed by atoms with Gasteiger partial charge in [0.15, 0.2) is 0 Å². The monoisotopic (exact) mass is 296 g/mol. The van der Waals surface area contributed by atoms with E-state index in [0.717, 1.165) is 31.2 Å². The van der Waals surface area contributed by atoms with Crippen LogP contribution >= 0.6 is 11.8 Å². The first-order valence-corrected chi connectivity index (χ1v) is 8.89. The van der Waals surface area contributed by atoms with Crippen LogP contribution < -0.4 is 5.32 Å². The molecule has 3 nitrogen and oxygen atoms in total. The van der Waals surface area contributed by atoms with E-state index in [-0.39, 0.29) is 0 Å².